The fraction of sp³-hybridized carbons (Fsp3) is 0.0714. The van der Waals surface area contributed by atoms with Crippen molar-refractivity contribution >= 4 is 11.6 Å². The summed E-state index contributed by atoms with van der Waals surface area (Å²) in [5.74, 6) is 2.43. The minimum absolute atomic E-state index is 0.277. The molecule has 8 heteroatoms. The van der Waals surface area contributed by atoms with Gasteiger partial charge in [0.1, 0.15) is 23.6 Å². The van der Waals surface area contributed by atoms with Crippen molar-refractivity contribution in [2.24, 2.45) is 0 Å². The molecule has 5 aromatic rings. The second-order valence-electron chi connectivity index (χ2n) is 8.05. The molecule has 0 fully saturated rings. The molecule has 36 heavy (non-hydrogen) atoms. The minimum atomic E-state index is -0.277. The molecule has 1 amide bonds. The van der Waals surface area contributed by atoms with Gasteiger partial charge >= 0.3 is 0 Å². The molecule has 0 bridgehead atoms. The number of nitrogens with zero attached hydrogens (tertiary/aromatic N) is 4. The van der Waals surface area contributed by atoms with Gasteiger partial charge in [0.25, 0.3) is 5.91 Å². The third kappa shape index (κ3) is 5.23. The van der Waals surface area contributed by atoms with Gasteiger partial charge in [-0.25, -0.2) is 14.6 Å². The number of ether oxygens (including phenoxy) is 2. The van der Waals surface area contributed by atoms with E-state index in [4.69, 9.17) is 9.47 Å². The summed E-state index contributed by atoms with van der Waals surface area (Å²) < 4.78 is 13.5. The molecule has 8 nitrogen and oxygen atoms in total. The highest BCUT2D eigenvalue weighted by molar-refractivity contribution is 6.06. The minimum Gasteiger partial charge on any atom is -0.457 e. The van der Waals surface area contributed by atoms with Crippen molar-refractivity contribution in [3.63, 3.8) is 0 Å². The van der Waals surface area contributed by atoms with Crippen LogP contribution >= 0.6 is 0 Å². The summed E-state index contributed by atoms with van der Waals surface area (Å²) in [5, 5.41) is 7.35. The Labute approximate surface area is 208 Å². The molecule has 2 aromatic heterocycles. The molecular weight excluding hydrogens is 454 g/mol. The Morgan fingerprint density at radius 2 is 1.53 bits per heavy atom. The van der Waals surface area contributed by atoms with Crippen LogP contribution in [0, 0.1) is 13.8 Å². The molecule has 0 aliphatic rings. The number of anilines is 1. The van der Waals surface area contributed by atoms with Crippen LogP contribution in [0.4, 0.5) is 5.69 Å². The molecule has 0 spiro atoms. The molecule has 1 N–H and O–H groups in total. The number of carbonyl (C=O) groups is 1. The standard InChI is InChI=1S/C28H23N5O3/c1-19-16-20(2)33(32-19)26-17-27(30-18-29-26)36-23-14-12-21(13-15-23)31-28(34)24-10-6-7-11-25(24)35-22-8-4-3-5-9-22/h3-18H,1-2H3,(H,31,34). The van der Waals surface area contributed by atoms with Gasteiger partial charge in [0.2, 0.25) is 5.88 Å². The van der Waals surface area contributed by atoms with Crippen LogP contribution in [0.2, 0.25) is 0 Å². The van der Waals surface area contributed by atoms with E-state index >= 15 is 0 Å². The van der Waals surface area contributed by atoms with Crippen LogP contribution < -0.4 is 14.8 Å². The van der Waals surface area contributed by atoms with E-state index in [-0.39, 0.29) is 5.91 Å². The lowest BCUT2D eigenvalue weighted by atomic mass is 10.1. The highest BCUT2D eigenvalue weighted by Crippen LogP contribution is 2.27. The van der Waals surface area contributed by atoms with Gasteiger partial charge in [0.05, 0.1) is 11.3 Å². The molecule has 0 unspecified atom stereocenters. The molecule has 178 valence electrons. The van der Waals surface area contributed by atoms with Crippen LogP contribution in [0.25, 0.3) is 5.82 Å². The topological polar surface area (TPSA) is 91.2 Å². The monoisotopic (exact) mass is 477 g/mol. The van der Waals surface area contributed by atoms with Crippen LogP contribution in [0.1, 0.15) is 21.7 Å². The van der Waals surface area contributed by atoms with E-state index in [0.29, 0.717) is 40.2 Å². The SMILES string of the molecule is Cc1cc(C)n(-c2cc(Oc3ccc(NC(=O)c4ccccc4Oc4ccccc4)cc3)ncn2)n1. The Hall–Kier alpha value is -4.98. The summed E-state index contributed by atoms with van der Waals surface area (Å²) in [7, 11) is 0. The fourth-order valence-corrected chi connectivity index (χ4v) is 3.65. The average Bonchev–Trinajstić information content (AvgIpc) is 3.24. The summed E-state index contributed by atoms with van der Waals surface area (Å²) >= 11 is 0. The smallest absolute Gasteiger partial charge is 0.259 e. The molecule has 0 saturated heterocycles. The van der Waals surface area contributed by atoms with Crippen molar-refractivity contribution in [2.45, 2.75) is 13.8 Å². The number of para-hydroxylation sites is 2. The van der Waals surface area contributed by atoms with E-state index in [1.54, 1.807) is 53.2 Å². The van der Waals surface area contributed by atoms with E-state index in [9.17, 15) is 4.79 Å². The molecule has 0 radical (unpaired) electrons. The molecule has 0 aliphatic heterocycles. The first-order chi connectivity index (χ1) is 17.5. The summed E-state index contributed by atoms with van der Waals surface area (Å²) in [5.41, 5.74) is 2.92. The fourth-order valence-electron chi connectivity index (χ4n) is 3.65. The summed E-state index contributed by atoms with van der Waals surface area (Å²) in [6.07, 6.45) is 1.44. The van der Waals surface area contributed by atoms with E-state index in [1.807, 2.05) is 56.3 Å². The van der Waals surface area contributed by atoms with E-state index in [2.05, 4.69) is 20.4 Å². The molecule has 5 rings (SSSR count). The molecular formula is C28H23N5O3. The highest BCUT2D eigenvalue weighted by Gasteiger charge is 2.14. The zero-order chi connectivity index (χ0) is 24.9. The third-order valence-corrected chi connectivity index (χ3v) is 5.29. The number of aryl methyl sites for hydroxylation is 2. The number of aromatic nitrogens is 4. The molecule has 3 aromatic carbocycles. The highest BCUT2D eigenvalue weighted by atomic mass is 16.5. The number of hydrogen-bond donors (Lipinski definition) is 1. The van der Waals surface area contributed by atoms with Crippen molar-refractivity contribution < 1.29 is 14.3 Å². The molecule has 2 heterocycles. The van der Waals surface area contributed by atoms with E-state index in [1.165, 1.54) is 6.33 Å². The lowest BCUT2D eigenvalue weighted by molar-refractivity contribution is 0.102. The zero-order valence-electron chi connectivity index (χ0n) is 19.8. The first kappa shape index (κ1) is 22.8. The Morgan fingerprint density at radius 1 is 0.806 bits per heavy atom. The molecule has 0 atom stereocenters. The molecule has 0 aliphatic carbocycles. The number of amides is 1. The van der Waals surface area contributed by atoms with Crippen LogP contribution in [0.15, 0.2) is 97.3 Å². The van der Waals surface area contributed by atoms with Crippen molar-refractivity contribution in [1.29, 1.82) is 0 Å². The maximum Gasteiger partial charge on any atom is 0.259 e. The first-order valence-corrected chi connectivity index (χ1v) is 11.3. The summed E-state index contributed by atoms with van der Waals surface area (Å²) in [6.45, 7) is 3.89. The normalized spacial score (nSPS) is 10.6. The van der Waals surface area contributed by atoms with Crippen LogP contribution in [-0.2, 0) is 0 Å². The number of hydrogen-bond acceptors (Lipinski definition) is 6. The lowest BCUT2D eigenvalue weighted by Gasteiger charge is -2.12. The third-order valence-electron chi connectivity index (χ3n) is 5.29. The predicted octanol–water partition coefficient (Wildman–Crippen LogP) is 6.12. The Bertz CT molecular complexity index is 1500. The molecule has 0 saturated carbocycles. The zero-order valence-corrected chi connectivity index (χ0v) is 19.8. The van der Waals surface area contributed by atoms with Gasteiger partial charge in [0.15, 0.2) is 5.82 Å². The maximum atomic E-state index is 13.0. The van der Waals surface area contributed by atoms with Crippen LogP contribution in [-0.4, -0.2) is 25.7 Å². The summed E-state index contributed by atoms with van der Waals surface area (Å²) in [4.78, 5) is 21.4. The van der Waals surface area contributed by atoms with Crippen molar-refractivity contribution in [1.82, 2.24) is 19.7 Å². The van der Waals surface area contributed by atoms with Gasteiger partial charge in [-0.15, -0.1) is 0 Å². The average molecular weight is 478 g/mol. The van der Waals surface area contributed by atoms with Crippen molar-refractivity contribution in [2.75, 3.05) is 5.32 Å². The second-order valence-corrected chi connectivity index (χ2v) is 8.05. The van der Waals surface area contributed by atoms with Crippen molar-refractivity contribution in [3.05, 3.63) is 114 Å². The number of carbonyl (C=O) groups excluding carboxylic acids is 1. The number of benzene rings is 3. The first-order valence-electron chi connectivity index (χ1n) is 11.3. The Morgan fingerprint density at radius 3 is 2.28 bits per heavy atom. The predicted molar refractivity (Wildman–Crippen MR) is 136 cm³/mol. The van der Waals surface area contributed by atoms with Gasteiger partial charge < -0.3 is 14.8 Å². The van der Waals surface area contributed by atoms with Gasteiger partial charge in [0, 0.05) is 17.4 Å². The Balaban J connectivity index is 1.27. The summed E-state index contributed by atoms with van der Waals surface area (Å²) in [6, 6.07) is 27.2. The maximum absolute atomic E-state index is 13.0. The van der Waals surface area contributed by atoms with Gasteiger partial charge in [-0.3, -0.25) is 4.79 Å². The van der Waals surface area contributed by atoms with Crippen molar-refractivity contribution in [3.8, 4) is 28.9 Å². The van der Waals surface area contributed by atoms with Crippen LogP contribution in [0.3, 0.4) is 0 Å². The number of rotatable bonds is 7. The van der Waals surface area contributed by atoms with Gasteiger partial charge in [-0.05, 0) is 68.4 Å². The van der Waals surface area contributed by atoms with E-state index in [0.717, 1.165) is 11.4 Å². The lowest BCUT2D eigenvalue weighted by Crippen LogP contribution is -2.12. The second kappa shape index (κ2) is 10.1. The quantitative estimate of drug-likeness (QED) is 0.304. The van der Waals surface area contributed by atoms with Crippen LogP contribution in [0.5, 0.6) is 23.1 Å². The number of nitrogens with one attached hydrogen (secondary N) is 1. The van der Waals surface area contributed by atoms with Gasteiger partial charge in [-0.1, -0.05) is 30.3 Å². The van der Waals surface area contributed by atoms with Gasteiger partial charge in [-0.2, -0.15) is 5.10 Å². The largest absolute Gasteiger partial charge is 0.457 e. The van der Waals surface area contributed by atoms with E-state index < -0.39 is 0 Å². The Kier molecular flexibility index (Phi) is 6.40.